The Labute approximate surface area is 134 Å². The van der Waals surface area contributed by atoms with E-state index in [-0.39, 0.29) is 6.04 Å². The van der Waals surface area contributed by atoms with Crippen molar-refractivity contribution >= 4 is 5.82 Å². The minimum atomic E-state index is -0.117. The van der Waals surface area contributed by atoms with Crippen LogP contribution in [-0.4, -0.2) is 18.1 Å². The Hall–Kier alpha value is -1.87. The van der Waals surface area contributed by atoms with Crippen molar-refractivity contribution in [3.63, 3.8) is 0 Å². The van der Waals surface area contributed by atoms with Crippen LogP contribution in [0, 0.1) is 6.92 Å². The van der Waals surface area contributed by atoms with Gasteiger partial charge in [0.15, 0.2) is 0 Å². The van der Waals surface area contributed by atoms with Gasteiger partial charge in [-0.15, -0.1) is 0 Å². The van der Waals surface area contributed by atoms with E-state index in [0.717, 1.165) is 48.6 Å². The molecule has 0 aliphatic carbocycles. The standard InChI is InChI=1S/C19H27N3/c1-4-13-22(14-5-2)18-12-11-17(15(3)21-18)19(20)16-9-7-6-8-10-16/h6-12,19H,4-5,13-14,20H2,1-3H3/t19-/m0/s1. The minimum absolute atomic E-state index is 0.117. The van der Waals surface area contributed by atoms with Crippen molar-refractivity contribution in [1.29, 1.82) is 0 Å². The molecule has 0 unspecified atom stereocenters. The van der Waals surface area contributed by atoms with Crippen LogP contribution in [0.1, 0.15) is 49.6 Å². The molecule has 118 valence electrons. The number of hydrogen-bond donors (Lipinski definition) is 1. The predicted molar refractivity (Wildman–Crippen MR) is 94.2 cm³/mol. The third-order valence-corrected chi connectivity index (χ3v) is 3.92. The summed E-state index contributed by atoms with van der Waals surface area (Å²) in [5.74, 6) is 1.06. The number of benzene rings is 1. The van der Waals surface area contributed by atoms with E-state index in [1.54, 1.807) is 0 Å². The summed E-state index contributed by atoms with van der Waals surface area (Å²) in [5.41, 5.74) is 9.65. The maximum absolute atomic E-state index is 6.41. The lowest BCUT2D eigenvalue weighted by Gasteiger charge is -2.24. The van der Waals surface area contributed by atoms with Crippen LogP contribution in [0.4, 0.5) is 5.82 Å². The van der Waals surface area contributed by atoms with Crippen LogP contribution < -0.4 is 10.6 Å². The van der Waals surface area contributed by atoms with Gasteiger partial charge in [-0.05, 0) is 37.0 Å². The smallest absolute Gasteiger partial charge is 0.128 e. The molecule has 3 heteroatoms. The van der Waals surface area contributed by atoms with Gasteiger partial charge in [-0.3, -0.25) is 0 Å². The van der Waals surface area contributed by atoms with Crippen molar-refractivity contribution < 1.29 is 0 Å². The topological polar surface area (TPSA) is 42.1 Å². The van der Waals surface area contributed by atoms with Crippen molar-refractivity contribution in [2.45, 2.75) is 39.7 Å². The first kappa shape index (κ1) is 16.5. The fraction of sp³-hybridized carbons (Fsp3) is 0.421. The van der Waals surface area contributed by atoms with Gasteiger partial charge in [0, 0.05) is 18.8 Å². The zero-order valence-electron chi connectivity index (χ0n) is 13.9. The highest BCUT2D eigenvalue weighted by molar-refractivity contribution is 5.44. The maximum atomic E-state index is 6.41. The first-order valence-electron chi connectivity index (χ1n) is 8.20. The molecule has 0 amide bonds. The molecular formula is C19H27N3. The van der Waals surface area contributed by atoms with E-state index in [1.807, 2.05) is 18.2 Å². The lowest BCUT2D eigenvalue weighted by molar-refractivity contribution is 0.730. The van der Waals surface area contributed by atoms with E-state index >= 15 is 0 Å². The molecule has 1 aromatic carbocycles. The zero-order valence-corrected chi connectivity index (χ0v) is 13.9. The highest BCUT2D eigenvalue weighted by atomic mass is 15.2. The molecule has 1 heterocycles. The van der Waals surface area contributed by atoms with Gasteiger partial charge in [-0.2, -0.15) is 0 Å². The zero-order chi connectivity index (χ0) is 15.9. The number of hydrogen-bond acceptors (Lipinski definition) is 3. The van der Waals surface area contributed by atoms with Crippen LogP contribution in [-0.2, 0) is 0 Å². The summed E-state index contributed by atoms with van der Waals surface area (Å²) in [6.07, 6.45) is 2.26. The molecule has 0 spiro atoms. The molecule has 0 saturated heterocycles. The number of rotatable bonds is 7. The van der Waals surface area contributed by atoms with Gasteiger partial charge in [0.2, 0.25) is 0 Å². The molecule has 0 aliphatic rings. The molecule has 2 aromatic rings. The normalized spacial score (nSPS) is 12.2. The molecule has 1 atom stereocenters. The van der Waals surface area contributed by atoms with E-state index in [4.69, 9.17) is 10.7 Å². The minimum Gasteiger partial charge on any atom is -0.357 e. The quantitative estimate of drug-likeness (QED) is 0.838. The number of aromatic nitrogens is 1. The summed E-state index contributed by atoms with van der Waals surface area (Å²) >= 11 is 0. The van der Waals surface area contributed by atoms with Gasteiger partial charge in [-0.25, -0.2) is 4.98 Å². The van der Waals surface area contributed by atoms with Crippen LogP contribution in [0.2, 0.25) is 0 Å². The number of aryl methyl sites for hydroxylation is 1. The van der Waals surface area contributed by atoms with E-state index in [2.05, 4.69) is 49.9 Å². The van der Waals surface area contributed by atoms with E-state index in [1.165, 1.54) is 0 Å². The largest absolute Gasteiger partial charge is 0.357 e. The number of pyridine rings is 1. The Balaban J connectivity index is 2.25. The summed E-state index contributed by atoms with van der Waals surface area (Å²) in [6.45, 7) is 8.55. The molecule has 22 heavy (non-hydrogen) atoms. The van der Waals surface area contributed by atoms with E-state index in [0.29, 0.717) is 0 Å². The van der Waals surface area contributed by atoms with E-state index < -0.39 is 0 Å². The highest BCUT2D eigenvalue weighted by Crippen LogP contribution is 2.24. The molecule has 0 bridgehead atoms. The Morgan fingerprint density at radius 2 is 1.64 bits per heavy atom. The summed E-state index contributed by atoms with van der Waals surface area (Å²) in [7, 11) is 0. The summed E-state index contributed by atoms with van der Waals surface area (Å²) < 4.78 is 0. The predicted octanol–water partition coefficient (Wildman–Crippen LogP) is 4.06. The van der Waals surface area contributed by atoms with Crippen LogP contribution in [0.15, 0.2) is 42.5 Å². The van der Waals surface area contributed by atoms with Gasteiger partial charge in [0.25, 0.3) is 0 Å². The summed E-state index contributed by atoms with van der Waals surface area (Å²) in [5, 5.41) is 0. The Morgan fingerprint density at radius 3 is 2.18 bits per heavy atom. The first-order valence-corrected chi connectivity index (χ1v) is 8.20. The van der Waals surface area contributed by atoms with Crippen molar-refractivity contribution in [3.8, 4) is 0 Å². The molecule has 0 saturated carbocycles. The molecule has 2 N–H and O–H groups in total. The number of anilines is 1. The molecule has 0 aliphatic heterocycles. The Morgan fingerprint density at radius 1 is 1.00 bits per heavy atom. The lowest BCUT2D eigenvalue weighted by atomic mass is 9.98. The lowest BCUT2D eigenvalue weighted by Crippen LogP contribution is -2.26. The second-order valence-electron chi connectivity index (χ2n) is 5.72. The summed E-state index contributed by atoms with van der Waals surface area (Å²) in [6, 6.07) is 14.3. The second-order valence-corrected chi connectivity index (χ2v) is 5.72. The average Bonchev–Trinajstić information content (AvgIpc) is 2.55. The maximum Gasteiger partial charge on any atom is 0.128 e. The van der Waals surface area contributed by atoms with Crippen molar-refractivity contribution in [2.24, 2.45) is 5.73 Å². The SMILES string of the molecule is CCCN(CCC)c1ccc([C@@H](N)c2ccccc2)c(C)n1. The molecule has 0 fully saturated rings. The molecule has 0 radical (unpaired) electrons. The van der Waals surface area contributed by atoms with Crippen LogP contribution in [0.5, 0.6) is 0 Å². The van der Waals surface area contributed by atoms with Gasteiger partial charge < -0.3 is 10.6 Å². The van der Waals surface area contributed by atoms with E-state index in [9.17, 15) is 0 Å². The first-order chi connectivity index (χ1) is 10.7. The fourth-order valence-corrected chi connectivity index (χ4v) is 2.78. The van der Waals surface area contributed by atoms with Gasteiger partial charge in [0.05, 0.1) is 6.04 Å². The third-order valence-electron chi connectivity index (χ3n) is 3.92. The molecule has 3 nitrogen and oxygen atoms in total. The number of nitrogens with two attached hydrogens (primary N) is 1. The van der Waals surface area contributed by atoms with Crippen molar-refractivity contribution in [1.82, 2.24) is 4.98 Å². The molecular weight excluding hydrogens is 270 g/mol. The Kier molecular flexibility index (Phi) is 5.96. The second kappa shape index (κ2) is 7.95. The third kappa shape index (κ3) is 3.86. The van der Waals surface area contributed by atoms with Gasteiger partial charge >= 0.3 is 0 Å². The molecule has 1 aromatic heterocycles. The average molecular weight is 297 g/mol. The highest BCUT2D eigenvalue weighted by Gasteiger charge is 2.14. The number of nitrogens with zero attached hydrogens (tertiary/aromatic N) is 2. The summed E-state index contributed by atoms with van der Waals surface area (Å²) in [4.78, 5) is 7.16. The van der Waals surface area contributed by atoms with Crippen LogP contribution >= 0.6 is 0 Å². The van der Waals surface area contributed by atoms with Crippen LogP contribution in [0.25, 0.3) is 0 Å². The van der Waals surface area contributed by atoms with Crippen LogP contribution in [0.3, 0.4) is 0 Å². The monoisotopic (exact) mass is 297 g/mol. The van der Waals surface area contributed by atoms with Gasteiger partial charge in [-0.1, -0.05) is 50.2 Å². The van der Waals surface area contributed by atoms with Crippen molar-refractivity contribution in [2.75, 3.05) is 18.0 Å². The van der Waals surface area contributed by atoms with Gasteiger partial charge in [0.1, 0.15) is 5.82 Å². The Bertz CT molecular complexity index is 574. The van der Waals surface area contributed by atoms with Crippen molar-refractivity contribution in [3.05, 3.63) is 59.3 Å². The fourth-order valence-electron chi connectivity index (χ4n) is 2.78. The molecule has 2 rings (SSSR count).